The van der Waals surface area contributed by atoms with Gasteiger partial charge in [-0.05, 0) is 38.2 Å². The Bertz CT molecular complexity index is 223. The molecule has 0 saturated carbocycles. The standard InChI is InChI=1S/C11H16O/c1-9-4-3-5-11(8-9)7-6-10(2)12/h6-9H,3-5H2,1-2H3/b7-6+/t9-/m0/s1. The maximum absolute atomic E-state index is 10.7. The van der Waals surface area contributed by atoms with Gasteiger partial charge in [-0.15, -0.1) is 0 Å². The van der Waals surface area contributed by atoms with E-state index in [1.54, 1.807) is 13.0 Å². The zero-order valence-electron chi connectivity index (χ0n) is 7.84. The number of ketones is 1. The molecule has 1 aliphatic rings. The van der Waals surface area contributed by atoms with Crippen LogP contribution in [-0.2, 0) is 4.79 Å². The van der Waals surface area contributed by atoms with Gasteiger partial charge in [-0.2, -0.15) is 0 Å². The quantitative estimate of drug-likeness (QED) is 0.573. The number of allylic oxidation sites excluding steroid dienone is 4. The molecule has 0 saturated heterocycles. The molecule has 0 heterocycles. The van der Waals surface area contributed by atoms with E-state index in [2.05, 4.69) is 13.0 Å². The summed E-state index contributed by atoms with van der Waals surface area (Å²) in [6, 6.07) is 0. The van der Waals surface area contributed by atoms with Crippen molar-refractivity contribution >= 4 is 5.78 Å². The number of rotatable bonds is 2. The Morgan fingerprint density at radius 2 is 2.42 bits per heavy atom. The van der Waals surface area contributed by atoms with Crippen LogP contribution in [0.2, 0.25) is 0 Å². The van der Waals surface area contributed by atoms with Crippen LogP contribution in [0.4, 0.5) is 0 Å². The molecule has 1 heteroatoms. The number of hydrogen-bond donors (Lipinski definition) is 0. The monoisotopic (exact) mass is 164 g/mol. The molecule has 0 N–H and O–H groups in total. The third-order valence-electron chi connectivity index (χ3n) is 2.16. The predicted molar refractivity (Wildman–Crippen MR) is 50.9 cm³/mol. The van der Waals surface area contributed by atoms with E-state index in [4.69, 9.17) is 0 Å². The van der Waals surface area contributed by atoms with Gasteiger partial charge in [-0.1, -0.05) is 24.6 Å². The van der Waals surface area contributed by atoms with Gasteiger partial charge in [0, 0.05) is 0 Å². The van der Waals surface area contributed by atoms with E-state index in [0.717, 1.165) is 6.42 Å². The minimum absolute atomic E-state index is 0.133. The molecule has 0 fully saturated rings. The highest BCUT2D eigenvalue weighted by Crippen LogP contribution is 2.22. The Hall–Kier alpha value is -0.850. The molecular weight excluding hydrogens is 148 g/mol. The molecule has 0 amide bonds. The lowest BCUT2D eigenvalue weighted by molar-refractivity contribution is -0.112. The molecule has 0 unspecified atom stereocenters. The minimum Gasteiger partial charge on any atom is -0.295 e. The van der Waals surface area contributed by atoms with Crippen molar-refractivity contribution in [3.63, 3.8) is 0 Å². The molecule has 0 aromatic carbocycles. The van der Waals surface area contributed by atoms with Gasteiger partial charge in [0.1, 0.15) is 0 Å². The molecule has 12 heavy (non-hydrogen) atoms. The Labute approximate surface area is 74.2 Å². The summed E-state index contributed by atoms with van der Waals surface area (Å²) in [5.41, 5.74) is 1.32. The lowest BCUT2D eigenvalue weighted by atomic mass is 9.91. The highest BCUT2D eigenvalue weighted by atomic mass is 16.1. The fraction of sp³-hybridized carbons (Fsp3) is 0.545. The first-order valence-corrected chi connectivity index (χ1v) is 4.58. The van der Waals surface area contributed by atoms with E-state index in [1.165, 1.54) is 18.4 Å². The van der Waals surface area contributed by atoms with Crippen LogP contribution >= 0.6 is 0 Å². The molecule has 1 nitrogen and oxygen atoms in total. The fourth-order valence-corrected chi connectivity index (χ4v) is 1.52. The normalized spacial score (nSPS) is 24.2. The number of carbonyl (C=O) groups is 1. The summed E-state index contributed by atoms with van der Waals surface area (Å²) in [6.45, 7) is 3.81. The summed E-state index contributed by atoms with van der Waals surface area (Å²) in [7, 11) is 0. The van der Waals surface area contributed by atoms with Gasteiger partial charge in [-0.25, -0.2) is 0 Å². The van der Waals surface area contributed by atoms with Crippen LogP contribution in [-0.4, -0.2) is 5.78 Å². The molecule has 0 aromatic rings. The Morgan fingerprint density at radius 3 is 3.00 bits per heavy atom. The molecular formula is C11H16O. The molecule has 0 aromatic heterocycles. The summed E-state index contributed by atoms with van der Waals surface area (Å²) in [6.07, 6.45) is 9.56. The second-order valence-electron chi connectivity index (χ2n) is 3.56. The second-order valence-corrected chi connectivity index (χ2v) is 3.56. The Balaban J connectivity index is 2.56. The van der Waals surface area contributed by atoms with Crippen molar-refractivity contribution in [1.82, 2.24) is 0 Å². The van der Waals surface area contributed by atoms with Crippen LogP contribution in [0.25, 0.3) is 0 Å². The maximum atomic E-state index is 10.7. The molecule has 66 valence electrons. The van der Waals surface area contributed by atoms with Crippen molar-refractivity contribution in [3.8, 4) is 0 Å². The van der Waals surface area contributed by atoms with E-state index >= 15 is 0 Å². The summed E-state index contributed by atoms with van der Waals surface area (Å²) in [4.78, 5) is 10.7. The summed E-state index contributed by atoms with van der Waals surface area (Å²) < 4.78 is 0. The Morgan fingerprint density at radius 1 is 1.67 bits per heavy atom. The van der Waals surface area contributed by atoms with Crippen molar-refractivity contribution in [1.29, 1.82) is 0 Å². The fourth-order valence-electron chi connectivity index (χ4n) is 1.52. The van der Waals surface area contributed by atoms with Gasteiger partial charge >= 0.3 is 0 Å². The van der Waals surface area contributed by atoms with Crippen LogP contribution < -0.4 is 0 Å². The zero-order valence-corrected chi connectivity index (χ0v) is 7.84. The molecule has 0 bridgehead atoms. The van der Waals surface area contributed by atoms with Gasteiger partial charge in [-0.3, -0.25) is 4.79 Å². The maximum Gasteiger partial charge on any atom is 0.152 e. The molecule has 1 atom stereocenters. The first-order valence-electron chi connectivity index (χ1n) is 4.58. The molecule has 0 spiro atoms. The summed E-state index contributed by atoms with van der Waals surface area (Å²) in [5, 5.41) is 0. The van der Waals surface area contributed by atoms with Gasteiger partial charge in [0.05, 0.1) is 0 Å². The molecule has 1 aliphatic carbocycles. The van der Waals surface area contributed by atoms with Crippen LogP contribution in [0.5, 0.6) is 0 Å². The average Bonchev–Trinajstić information content (AvgIpc) is 2.01. The third-order valence-corrected chi connectivity index (χ3v) is 2.16. The van der Waals surface area contributed by atoms with Crippen molar-refractivity contribution in [2.75, 3.05) is 0 Å². The van der Waals surface area contributed by atoms with E-state index in [-0.39, 0.29) is 5.78 Å². The highest BCUT2D eigenvalue weighted by Gasteiger charge is 2.06. The lowest BCUT2D eigenvalue weighted by Crippen LogP contribution is -1.99. The Kier molecular flexibility index (Phi) is 3.27. The van der Waals surface area contributed by atoms with E-state index < -0.39 is 0 Å². The zero-order chi connectivity index (χ0) is 8.97. The summed E-state index contributed by atoms with van der Waals surface area (Å²) >= 11 is 0. The van der Waals surface area contributed by atoms with E-state index in [1.807, 2.05) is 6.08 Å². The van der Waals surface area contributed by atoms with Crippen molar-refractivity contribution in [2.24, 2.45) is 5.92 Å². The van der Waals surface area contributed by atoms with Gasteiger partial charge in [0.15, 0.2) is 5.78 Å². The average molecular weight is 164 g/mol. The van der Waals surface area contributed by atoms with E-state index in [0.29, 0.717) is 5.92 Å². The van der Waals surface area contributed by atoms with E-state index in [9.17, 15) is 4.79 Å². The largest absolute Gasteiger partial charge is 0.295 e. The number of carbonyl (C=O) groups excluding carboxylic acids is 1. The van der Waals surface area contributed by atoms with Crippen LogP contribution in [0, 0.1) is 5.92 Å². The summed E-state index contributed by atoms with van der Waals surface area (Å²) in [5.74, 6) is 0.819. The smallest absolute Gasteiger partial charge is 0.152 e. The molecule has 0 aliphatic heterocycles. The lowest BCUT2D eigenvalue weighted by Gasteiger charge is -2.14. The van der Waals surface area contributed by atoms with Gasteiger partial charge in [0.25, 0.3) is 0 Å². The van der Waals surface area contributed by atoms with Crippen LogP contribution in [0.3, 0.4) is 0 Å². The first-order chi connectivity index (χ1) is 5.68. The molecule has 1 rings (SSSR count). The third kappa shape index (κ3) is 3.04. The predicted octanol–water partition coefficient (Wildman–Crippen LogP) is 2.88. The second kappa shape index (κ2) is 4.24. The van der Waals surface area contributed by atoms with Crippen molar-refractivity contribution in [3.05, 3.63) is 23.8 Å². The van der Waals surface area contributed by atoms with Gasteiger partial charge < -0.3 is 0 Å². The van der Waals surface area contributed by atoms with Crippen LogP contribution in [0.15, 0.2) is 23.8 Å². The number of hydrogen-bond acceptors (Lipinski definition) is 1. The van der Waals surface area contributed by atoms with Crippen molar-refractivity contribution in [2.45, 2.75) is 33.1 Å². The first kappa shape index (κ1) is 9.24. The molecule has 0 radical (unpaired) electrons. The SMILES string of the molecule is CC(=O)/C=C/C1=C[C@@H](C)CCC1. The van der Waals surface area contributed by atoms with Gasteiger partial charge in [0.2, 0.25) is 0 Å². The van der Waals surface area contributed by atoms with Crippen LogP contribution in [0.1, 0.15) is 33.1 Å². The minimum atomic E-state index is 0.133. The topological polar surface area (TPSA) is 17.1 Å². The van der Waals surface area contributed by atoms with Crippen molar-refractivity contribution < 1.29 is 4.79 Å². The highest BCUT2D eigenvalue weighted by molar-refractivity contribution is 5.87.